The van der Waals surface area contributed by atoms with Crippen LogP contribution in [0.3, 0.4) is 0 Å². The quantitative estimate of drug-likeness (QED) is 0.766. The average molecular weight is 254 g/mol. The lowest BCUT2D eigenvalue weighted by Crippen LogP contribution is -2.43. The van der Waals surface area contributed by atoms with Gasteiger partial charge < -0.3 is 5.32 Å². The summed E-state index contributed by atoms with van der Waals surface area (Å²) >= 11 is 7.70. The SMILES string of the molecule is O=C1Nc2ccc(Cl)cc2SCC12CCC2. The predicted molar refractivity (Wildman–Crippen MR) is 67.1 cm³/mol. The van der Waals surface area contributed by atoms with Gasteiger partial charge in [0.25, 0.3) is 0 Å². The lowest BCUT2D eigenvalue weighted by Gasteiger charge is -2.38. The first-order valence-corrected chi connectivity index (χ1v) is 6.80. The Hall–Kier alpha value is -0.670. The monoisotopic (exact) mass is 253 g/mol. The first-order valence-electron chi connectivity index (χ1n) is 5.43. The van der Waals surface area contributed by atoms with Gasteiger partial charge in [-0.2, -0.15) is 0 Å². The molecule has 0 saturated heterocycles. The molecular formula is C12H12ClNOS. The Morgan fingerprint density at radius 1 is 1.38 bits per heavy atom. The molecule has 1 aliphatic heterocycles. The van der Waals surface area contributed by atoms with Crippen LogP contribution < -0.4 is 5.32 Å². The van der Waals surface area contributed by atoms with Crippen molar-refractivity contribution in [3.8, 4) is 0 Å². The van der Waals surface area contributed by atoms with Crippen molar-refractivity contribution in [3.63, 3.8) is 0 Å². The molecule has 1 aromatic carbocycles. The smallest absolute Gasteiger partial charge is 0.231 e. The van der Waals surface area contributed by atoms with Gasteiger partial charge in [0.05, 0.1) is 11.1 Å². The van der Waals surface area contributed by atoms with Gasteiger partial charge in [-0.05, 0) is 31.0 Å². The van der Waals surface area contributed by atoms with Crippen molar-refractivity contribution >= 4 is 35.0 Å². The molecule has 1 heterocycles. The summed E-state index contributed by atoms with van der Waals surface area (Å²) in [7, 11) is 0. The molecule has 1 N–H and O–H groups in total. The molecule has 0 aromatic heterocycles. The topological polar surface area (TPSA) is 29.1 Å². The summed E-state index contributed by atoms with van der Waals surface area (Å²) in [6, 6.07) is 5.64. The molecular weight excluding hydrogens is 242 g/mol. The van der Waals surface area contributed by atoms with E-state index in [9.17, 15) is 4.79 Å². The Morgan fingerprint density at radius 2 is 2.19 bits per heavy atom. The third kappa shape index (κ3) is 1.54. The van der Waals surface area contributed by atoms with Crippen molar-refractivity contribution in [2.24, 2.45) is 5.41 Å². The van der Waals surface area contributed by atoms with Crippen LogP contribution in [0.5, 0.6) is 0 Å². The second-order valence-corrected chi connectivity index (χ2v) is 5.97. The number of nitrogens with one attached hydrogen (secondary N) is 1. The number of benzene rings is 1. The van der Waals surface area contributed by atoms with Crippen molar-refractivity contribution in [1.29, 1.82) is 0 Å². The number of thioether (sulfide) groups is 1. The van der Waals surface area contributed by atoms with E-state index in [2.05, 4.69) is 5.32 Å². The highest BCUT2D eigenvalue weighted by atomic mass is 35.5. The Morgan fingerprint density at radius 3 is 2.88 bits per heavy atom. The minimum atomic E-state index is -0.115. The van der Waals surface area contributed by atoms with E-state index in [0.717, 1.165) is 34.2 Å². The van der Waals surface area contributed by atoms with E-state index >= 15 is 0 Å². The van der Waals surface area contributed by atoms with E-state index in [1.165, 1.54) is 6.42 Å². The Labute approximate surface area is 104 Å². The Balaban J connectivity index is 1.96. The van der Waals surface area contributed by atoms with E-state index in [-0.39, 0.29) is 11.3 Å². The van der Waals surface area contributed by atoms with Gasteiger partial charge in [0.1, 0.15) is 0 Å². The minimum absolute atomic E-state index is 0.115. The van der Waals surface area contributed by atoms with Crippen LogP contribution in [0.1, 0.15) is 19.3 Å². The van der Waals surface area contributed by atoms with Crippen molar-refractivity contribution < 1.29 is 4.79 Å². The summed E-state index contributed by atoms with van der Waals surface area (Å²) in [6.45, 7) is 0. The van der Waals surface area contributed by atoms with Gasteiger partial charge in [0.2, 0.25) is 5.91 Å². The van der Waals surface area contributed by atoms with Crippen molar-refractivity contribution in [2.45, 2.75) is 24.2 Å². The number of carbonyl (C=O) groups excluding carboxylic acids is 1. The minimum Gasteiger partial charge on any atom is -0.325 e. The van der Waals surface area contributed by atoms with E-state index < -0.39 is 0 Å². The van der Waals surface area contributed by atoms with E-state index in [0.29, 0.717) is 0 Å². The molecule has 2 nitrogen and oxygen atoms in total. The molecule has 16 heavy (non-hydrogen) atoms. The van der Waals surface area contributed by atoms with Crippen LogP contribution in [0.2, 0.25) is 5.02 Å². The van der Waals surface area contributed by atoms with Gasteiger partial charge >= 0.3 is 0 Å². The van der Waals surface area contributed by atoms with Crippen molar-refractivity contribution in [2.75, 3.05) is 11.1 Å². The van der Waals surface area contributed by atoms with E-state index in [1.54, 1.807) is 11.8 Å². The number of halogens is 1. The molecule has 0 atom stereocenters. The number of anilines is 1. The number of carbonyl (C=O) groups is 1. The van der Waals surface area contributed by atoms with Crippen LogP contribution in [-0.4, -0.2) is 11.7 Å². The highest BCUT2D eigenvalue weighted by Gasteiger charge is 2.45. The molecule has 2 aliphatic rings. The molecule has 0 bridgehead atoms. The fourth-order valence-corrected chi connectivity index (χ4v) is 3.80. The first-order chi connectivity index (χ1) is 7.70. The van der Waals surface area contributed by atoms with Crippen LogP contribution in [-0.2, 0) is 4.79 Å². The zero-order valence-electron chi connectivity index (χ0n) is 8.75. The highest BCUT2D eigenvalue weighted by molar-refractivity contribution is 7.99. The summed E-state index contributed by atoms with van der Waals surface area (Å²) in [6.07, 6.45) is 3.21. The Bertz CT molecular complexity index is 456. The zero-order valence-corrected chi connectivity index (χ0v) is 10.3. The molecule has 1 aromatic rings. The lowest BCUT2D eigenvalue weighted by atomic mass is 9.69. The standard InChI is InChI=1S/C12H12ClNOS/c13-8-2-3-9-10(6-8)16-7-12(4-1-5-12)11(15)14-9/h2-3,6H,1,4-5,7H2,(H,14,15). The maximum Gasteiger partial charge on any atom is 0.231 e. The predicted octanol–water partition coefficient (Wildman–Crippen LogP) is 3.55. The lowest BCUT2D eigenvalue weighted by molar-refractivity contribution is -0.128. The van der Waals surface area contributed by atoms with Gasteiger partial charge in [-0.25, -0.2) is 0 Å². The fraction of sp³-hybridized carbons (Fsp3) is 0.417. The van der Waals surface area contributed by atoms with E-state index in [1.807, 2.05) is 18.2 Å². The zero-order chi connectivity index (χ0) is 11.2. The van der Waals surface area contributed by atoms with Gasteiger partial charge in [0, 0.05) is 15.7 Å². The second kappa shape index (κ2) is 3.67. The van der Waals surface area contributed by atoms with Gasteiger partial charge in [-0.15, -0.1) is 11.8 Å². The third-order valence-electron chi connectivity index (χ3n) is 3.49. The van der Waals surface area contributed by atoms with Gasteiger partial charge in [-0.3, -0.25) is 4.79 Å². The largest absolute Gasteiger partial charge is 0.325 e. The van der Waals surface area contributed by atoms with Crippen LogP contribution in [0, 0.1) is 5.41 Å². The normalized spacial score (nSPS) is 21.9. The van der Waals surface area contributed by atoms with Crippen molar-refractivity contribution in [3.05, 3.63) is 23.2 Å². The third-order valence-corrected chi connectivity index (χ3v) is 5.07. The highest BCUT2D eigenvalue weighted by Crippen LogP contribution is 2.49. The first kappa shape index (κ1) is 10.5. The number of amides is 1. The fourth-order valence-electron chi connectivity index (χ4n) is 2.23. The summed E-state index contributed by atoms with van der Waals surface area (Å²) in [4.78, 5) is 13.2. The number of hydrogen-bond acceptors (Lipinski definition) is 2. The molecule has 1 aliphatic carbocycles. The molecule has 1 saturated carbocycles. The summed E-state index contributed by atoms with van der Waals surface area (Å²) in [5.41, 5.74) is 0.791. The van der Waals surface area contributed by atoms with Crippen LogP contribution in [0.4, 0.5) is 5.69 Å². The maximum atomic E-state index is 12.1. The number of fused-ring (bicyclic) bond motifs is 1. The summed E-state index contributed by atoms with van der Waals surface area (Å²) in [5, 5.41) is 3.75. The van der Waals surface area contributed by atoms with Gasteiger partial charge in [0.15, 0.2) is 0 Å². The molecule has 1 spiro atoms. The molecule has 1 amide bonds. The van der Waals surface area contributed by atoms with Crippen LogP contribution in [0.15, 0.2) is 23.1 Å². The molecule has 84 valence electrons. The molecule has 0 unspecified atom stereocenters. The number of rotatable bonds is 0. The molecule has 4 heteroatoms. The van der Waals surface area contributed by atoms with Crippen LogP contribution in [0.25, 0.3) is 0 Å². The molecule has 0 radical (unpaired) electrons. The van der Waals surface area contributed by atoms with Crippen LogP contribution >= 0.6 is 23.4 Å². The number of hydrogen-bond donors (Lipinski definition) is 1. The molecule has 1 fully saturated rings. The summed E-state index contributed by atoms with van der Waals surface area (Å²) in [5.74, 6) is 1.07. The van der Waals surface area contributed by atoms with Gasteiger partial charge in [-0.1, -0.05) is 18.0 Å². The maximum absolute atomic E-state index is 12.1. The average Bonchev–Trinajstić information content (AvgIpc) is 2.33. The molecule has 3 rings (SSSR count). The summed E-state index contributed by atoms with van der Waals surface area (Å²) < 4.78 is 0. The second-order valence-electron chi connectivity index (χ2n) is 4.52. The Kier molecular flexibility index (Phi) is 2.41. The van der Waals surface area contributed by atoms with Crippen molar-refractivity contribution in [1.82, 2.24) is 0 Å². The van der Waals surface area contributed by atoms with E-state index in [4.69, 9.17) is 11.6 Å².